The van der Waals surface area contributed by atoms with E-state index < -0.39 is 0 Å². The third kappa shape index (κ3) is 4.22. The number of hydrogen-bond donors (Lipinski definition) is 0. The van der Waals surface area contributed by atoms with Gasteiger partial charge in [0, 0.05) is 18.0 Å². The van der Waals surface area contributed by atoms with Crippen LogP contribution in [0.3, 0.4) is 0 Å². The Morgan fingerprint density at radius 1 is 1.00 bits per heavy atom. The van der Waals surface area contributed by atoms with Crippen LogP contribution in [0.5, 0.6) is 17.2 Å². The van der Waals surface area contributed by atoms with Crippen molar-refractivity contribution in [3.8, 4) is 34.4 Å². The number of aryl methyl sites for hydroxylation is 1. The minimum absolute atomic E-state index is 0.372. The molecule has 0 saturated carbocycles. The van der Waals surface area contributed by atoms with Gasteiger partial charge in [0.2, 0.25) is 17.5 Å². The van der Waals surface area contributed by atoms with Crippen molar-refractivity contribution in [2.75, 3.05) is 21.3 Å². The van der Waals surface area contributed by atoms with Crippen molar-refractivity contribution in [3.05, 3.63) is 60.2 Å². The van der Waals surface area contributed by atoms with Gasteiger partial charge in [-0.05, 0) is 30.7 Å². The smallest absolute Gasteiger partial charge is 0.248 e. The maximum absolute atomic E-state index is 5.88. The highest BCUT2D eigenvalue weighted by atomic mass is 32.2. The molecule has 0 spiro atoms. The molecule has 0 amide bonds. The molecule has 2 heterocycles. The van der Waals surface area contributed by atoms with E-state index in [1.807, 2.05) is 18.3 Å². The minimum Gasteiger partial charge on any atom is -0.493 e. The number of hydrogen-bond acceptors (Lipinski definition) is 8. The lowest BCUT2D eigenvalue weighted by atomic mass is 10.2. The lowest BCUT2D eigenvalue weighted by molar-refractivity contribution is 0.324. The van der Waals surface area contributed by atoms with Crippen LogP contribution in [0.15, 0.2) is 58.4 Å². The fourth-order valence-electron chi connectivity index (χ4n) is 3.17. The van der Waals surface area contributed by atoms with E-state index in [1.54, 1.807) is 39.7 Å². The molecule has 4 aromatic rings. The molecule has 0 unspecified atom stereocenters. The first kappa shape index (κ1) is 20.8. The number of thioether (sulfide) groups is 1. The van der Waals surface area contributed by atoms with Crippen molar-refractivity contribution >= 4 is 11.8 Å². The second kappa shape index (κ2) is 9.13. The molecule has 31 heavy (non-hydrogen) atoms. The molecule has 9 heteroatoms. The van der Waals surface area contributed by atoms with Crippen LogP contribution in [0.4, 0.5) is 0 Å². The largest absolute Gasteiger partial charge is 0.493 e. The second-order valence-electron chi connectivity index (χ2n) is 6.57. The summed E-state index contributed by atoms with van der Waals surface area (Å²) in [6, 6.07) is 11.7. The van der Waals surface area contributed by atoms with Gasteiger partial charge in [-0.25, -0.2) is 4.98 Å². The normalized spacial score (nSPS) is 10.8. The van der Waals surface area contributed by atoms with Crippen LogP contribution < -0.4 is 14.2 Å². The monoisotopic (exact) mass is 438 g/mol. The molecule has 0 aliphatic rings. The predicted molar refractivity (Wildman–Crippen MR) is 117 cm³/mol. The summed E-state index contributed by atoms with van der Waals surface area (Å²) in [5.41, 5.74) is 2.94. The topological polar surface area (TPSA) is 84.4 Å². The molecule has 0 radical (unpaired) electrons. The molecule has 0 fully saturated rings. The summed E-state index contributed by atoms with van der Waals surface area (Å²) < 4.78 is 24.1. The summed E-state index contributed by atoms with van der Waals surface area (Å²) in [6.07, 6.45) is 3.73. The van der Waals surface area contributed by atoms with Crippen molar-refractivity contribution in [1.82, 2.24) is 19.7 Å². The Kier molecular flexibility index (Phi) is 6.13. The molecule has 2 aromatic carbocycles. The Hall–Kier alpha value is -3.46. The van der Waals surface area contributed by atoms with Crippen LogP contribution in [0.1, 0.15) is 11.5 Å². The van der Waals surface area contributed by atoms with Crippen LogP contribution in [-0.4, -0.2) is 41.1 Å². The predicted octanol–water partition coefficient (Wildman–Crippen LogP) is 4.55. The number of methoxy groups -OCH3 is 3. The van der Waals surface area contributed by atoms with Gasteiger partial charge >= 0.3 is 0 Å². The highest BCUT2D eigenvalue weighted by molar-refractivity contribution is 7.98. The molecule has 0 N–H and O–H groups in total. The Morgan fingerprint density at radius 2 is 1.74 bits per heavy atom. The quantitative estimate of drug-likeness (QED) is 0.371. The Morgan fingerprint density at radius 3 is 2.42 bits per heavy atom. The molecular formula is C22H22N4O4S. The summed E-state index contributed by atoms with van der Waals surface area (Å²) in [4.78, 5) is 4.47. The van der Waals surface area contributed by atoms with E-state index in [0.717, 1.165) is 10.8 Å². The molecule has 0 aliphatic heterocycles. The van der Waals surface area contributed by atoms with Crippen molar-refractivity contribution in [2.45, 2.75) is 17.8 Å². The second-order valence-corrected chi connectivity index (χ2v) is 7.51. The van der Waals surface area contributed by atoms with Gasteiger partial charge < -0.3 is 18.6 Å². The summed E-state index contributed by atoms with van der Waals surface area (Å²) in [7, 11) is 4.68. The molecule has 8 nitrogen and oxygen atoms in total. The van der Waals surface area contributed by atoms with E-state index in [4.69, 9.17) is 18.6 Å². The lowest BCUT2D eigenvalue weighted by Crippen LogP contribution is -1.97. The third-order valence-electron chi connectivity index (χ3n) is 4.69. The fraction of sp³-hybridized carbons (Fsp3) is 0.227. The maximum Gasteiger partial charge on any atom is 0.248 e. The fourth-order valence-corrected chi connectivity index (χ4v) is 3.98. The van der Waals surface area contributed by atoms with Crippen LogP contribution in [0.2, 0.25) is 0 Å². The zero-order valence-corrected chi connectivity index (χ0v) is 18.5. The lowest BCUT2D eigenvalue weighted by Gasteiger charge is -2.12. The maximum atomic E-state index is 5.88. The number of nitrogens with zero attached hydrogens (tertiary/aromatic N) is 4. The molecule has 0 aliphatic carbocycles. The van der Waals surface area contributed by atoms with Gasteiger partial charge in [-0.3, -0.25) is 4.57 Å². The molecule has 0 atom stereocenters. The number of ether oxygens (including phenoxy) is 3. The summed E-state index contributed by atoms with van der Waals surface area (Å²) >= 11 is 1.53. The number of imidazole rings is 1. The molecule has 160 valence electrons. The molecule has 4 rings (SSSR count). The molecule has 2 aromatic heterocycles. The van der Waals surface area contributed by atoms with Crippen LogP contribution in [0, 0.1) is 6.92 Å². The van der Waals surface area contributed by atoms with Crippen LogP contribution in [0.25, 0.3) is 17.1 Å². The van der Waals surface area contributed by atoms with E-state index in [1.165, 1.54) is 17.3 Å². The first-order chi connectivity index (χ1) is 15.1. The Labute approximate surface area is 184 Å². The van der Waals surface area contributed by atoms with Gasteiger partial charge in [-0.1, -0.05) is 30.0 Å². The Balaban J connectivity index is 1.54. The van der Waals surface area contributed by atoms with Gasteiger partial charge in [0.25, 0.3) is 0 Å². The van der Waals surface area contributed by atoms with Gasteiger partial charge in [0.1, 0.15) is 0 Å². The van der Waals surface area contributed by atoms with Crippen LogP contribution in [-0.2, 0) is 5.75 Å². The van der Waals surface area contributed by atoms with Gasteiger partial charge in [-0.15, -0.1) is 10.2 Å². The first-order valence-electron chi connectivity index (χ1n) is 9.49. The van der Waals surface area contributed by atoms with E-state index in [2.05, 4.69) is 38.8 Å². The molecular weight excluding hydrogens is 416 g/mol. The molecule has 0 saturated heterocycles. The molecule has 0 bridgehead atoms. The zero-order valence-electron chi connectivity index (χ0n) is 17.7. The number of para-hydroxylation sites is 1. The van der Waals surface area contributed by atoms with E-state index >= 15 is 0 Å². The van der Waals surface area contributed by atoms with E-state index in [9.17, 15) is 0 Å². The Bertz CT molecular complexity index is 1160. The van der Waals surface area contributed by atoms with Gasteiger partial charge in [-0.2, -0.15) is 0 Å². The van der Waals surface area contributed by atoms with Gasteiger partial charge in [0.05, 0.1) is 32.8 Å². The highest BCUT2D eigenvalue weighted by Crippen LogP contribution is 2.41. The standard InChI is InChI=1S/C22H22N4O4S/c1-14-7-5-6-8-16(14)26-10-9-23-22(26)31-13-19-24-25-21(30-19)15-11-17(27-2)20(29-4)18(12-15)28-3/h5-12H,13H2,1-4H3. The van der Waals surface area contributed by atoms with Crippen molar-refractivity contribution < 1.29 is 18.6 Å². The van der Waals surface area contributed by atoms with Crippen molar-refractivity contribution in [1.29, 1.82) is 0 Å². The van der Waals surface area contributed by atoms with Crippen molar-refractivity contribution in [3.63, 3.8) is 0 Å². The third-order valence-corrected chi connectivity index (χ3v) is 5.64. The summed E-state index contributed by atoms with van der Waals surface area (Å²) in [5, 5.41) is 9.21. The number of aromatic nitrogens is 4. The summed E-state index contributed by atoms with van der Waals surface area (Å²) in [6.45, 7) is 2.07. The van der Waals surface area contributed by atoms with Crippen LogP contribution >= 0.6 is 11.8 Å². The minimum atomic E-state index is 0.372. The first-order valence-corrected chi connectivity index (χ1v) is 10.5. The van der Waals surface area contributed by atoms with Gasteiger partial charge in [0.15, 0.2) is 16.7 Å². The summed E-state index contributed by atoms with van der Waals surface area (Å²) in [5.74, 6) is 2.90. The van der Waals surface area contributed by atoms with Crippen molar-refractivity contribution in [2.24, 2.45) is 0 Å². The number of benzene rings is 2. The SMILES string of the molecule is COc1cc(-c2nnc(CSc3nccn3-c3ccccc3C)o2)cc(OC)c1OC. The highest BCUT2D eigenvalue weighted by Gasteiger charge is 2.18. The van der Waals surface area contributed by atoms with E-state index in [-0.39, 0.29) is 0 Å². The zero-order chi connectivity index (χ0) is 21.8. The average molecular weight is 439 g/mol. The number of rotatable bonds is 8. The average Bonchev–Trinajstić information content (AvgIpc) is 3.46. The van der Waals surface area contributed by atoms with E-state index in [0.29, 0.717) is 40.3 Å².